The molecule has 1 rings (SSSR count). The molecular formula is C7H16N2O2S. The lowest BCUT2D eigenvalue weighted by molar-refractivity contribution is 0.161. The summed E-state index contributed by atoms with van der Waals surface area (Å²) in [6.45, 7) is 4.01. The standard InChI is InChI=1S/C7H16N2O2S/c1-2-12(10,11)4-3-9-5-7(8)6-9/h7H,2-6,8H2,1H3. The van der Waals surface area contributed by atoms with E-state index in [0.29, 0.717) is 6.54 Å². The second kappa shape index (κ2) is 3.72. The van der Waals surface area contributed by atoms with Gasteiger partial charge in [-0.2, -0.15) is 0 Å². The number of rotatable bonds is 4. The van der Waals surface area contributed by atoms with Crippen molar-refractivity contribution in [3.63, 3.8) is 0 Å². The Balaban J connectivity index is 2.18. The summed E-state index contributed by atoms with van der Waals surface area (Å²) < 4.78 is 22.1. The summed E-state index contributed by atoms with van der Waals surface area (Å²) in [7, 11) is -2.79. The first-order chi connectivity index (χ1) is 5.53. The fourth-order valence-corrected chi connectivity index (χ4v) is 2.03. The van der Waals surface area contributed by atoms with Crippen molar-refractivity contribution < 1.29 is 8.42 Å². The molecule has 0 aromatic rings. The van der Waals surface area contributed by atoms with Gasteiger partial charge in [0.1, 0.15) is 0 Å². The van der Waals surface area contributed by atoms with Gasteiger partial charge in [0.05, 0.1) is 5.75 Å². The van der Waals surface area contributed by atoms with E-state index in [1.807, 2.05) is 0 Å². The lowest BCUT2D eigenvalue weighted by Crippen LogP contribution is -2.56. The van der Waals surface area contributed by atoms with E-state index in [1.165, 1.54) is 0 Å². The largest absolute Gasteiger partial charge is 0.325 e. The molecule has 1 fully saturated rings. The molecule has 2 N–H and O–H groups in total. The van der Waals surface area contributed by atoms with Crippen LogP contribution in [0.5, 0.6) is 0 Å². The summed E-state index contributed by atoms with van der Waals surface area (Å²) in [5.41, 5.74) is 5.55. The van der Waals surface area contributed by atoms with Crippen molar-refractivity contribution in [3.05, 3.63) is 0 Å². The van der Waals surface area contributed by atoms with E-state index < -0.39 is 9.84 Å². The van der Waals surface area contributed by atoms with Crippen LogP contribution in [-0.4, -0.2) is 50.5 Å². The van der Waals surface area contributed by atoms with Crippen molar-refractivity contribution in [2.24, 2.45) is 5.73 Å². The Hall–Kier alpha value is -0.130. The van der Waals surface area contributed by atoms with Crippen LogP contribution in [-0.2, 0) is 9.84 Å². The van der Waals surface area contributed by atoms with E-state index in [9.17, 15) is 8.42 Å². The molecule has 0 unspecified atom stereocenters. The molecule has 0 bridgehead atoms. The molecule has 0 radical (unpaired) electrons. The molecule has 1 heterocycles. The topological polar surface area (TPSA) is 63.4 Å². The van der Waals surface area contributed by atoms with Crippen LogP contribution in [0.15, 0.2) is 0 Å². The Morgan fingerprint density at radius 1 is 1.50 bits per heavy atom. The van der Waals surface area contributed by atoms with Gasteiger partial charge in [0.15, 0.2) is 9.84 Å². The van der Waals surface area contributed by atoms with E-state index in [4.69, 9.17) is 5.73 Å². The third-order valence-electron chi connectivity index (χ3n) is 2.14. The Labute approximate surface area is 73.6 Å². The van der Waals surface area contributed by atoms with Crippen molar-refractivity contribution >= 4 is 9.84 Å². The molecule has 0 aliphatic carbocycles. The van der Waals surface area contributed by atoms with E-state index in [1.54, 1.807) is 6.92 Å². The SMILES string of the molecule is CCS(=O)(=O)CCN1CC(N)C1. The summed E-state index contributed by atoms with van der Waals surface area (Å²) >= 11 is 0. The Bertz CT molecular complexity index is 232. The molecule has 1 saturated heterocycles. The van der Waals surface area contributed by atoms with E-state index in [0.717, 1.165) is 13.1 Å². The normalized spacial score (nSPS) is 20.8. The van der Waals surface area contributed by atoms with Gasteiger partial charge < -0.3 is 5.73 Å². The van der Waals surface area contributed by atoms with Crippen molar-refractivity contribution in [2.45, 2.75) is 13.0 Å². The molecule has 72 valence electrons. The fraction of sp³-hybridized carbons (Fsp3) is 1.00. The predicted molar refractivity (Wildman–Crippen MR) is 48.7 cm³/mol. The molecule has 0 spiro atoms. The van der Waals surface area contributed by atoms with Crippen molar-refractivity contribution in [3.8, 4) is 0 Å². The molecule has 0 amide bonds. The minimum absolute atomic E-state index is 0.243. The molecule has 0 atom stereocenters. The van der Waals surface area contributed by atoms with Crippen molar-refractivity contribution in [1.82, 2.24) is 4.90 Å². The van der Waals surface area contributed by atoms with Crippen LogP contribution in [0.25, 0.3) is 0 Å². The first-order valence-electron chi connectivity index (χ1n) is 4.22. The van der Waals surface area contributed by atoms with Gasteiger partial charge in [-0.05, 0) is 0 Å². The van der Waals surface area contributed by atoms with Crippen LogP contribution < -0.4 is 5.73 Å². The average molecular weight is 192 g/mol. The molecule has 1 aliphatic rings. The summed E-state index contributed by atoms with van der Waals surface area (Å²) in [5, 5.41) is 0. The number of nitrogens with zero attached hydrogens (tertiary/aromatic N) is 1. The molecule has 0 aromatic heterocycles. The first-order valence-corrected chi connectivity index (χ1v) is 6.04. The molecule has 12 heavy (non-hydrogen) atoms. The van der Waals surface area contributed by atoms with Crippen LogP contribution in [0.2, 0.25) is 0 Å². The fourth-order valence-electron chi connectivity index (χ4n) is 1.20. The van der Waals surface area contributed by atoms with Gasteiger partial charge in [0, 0.05) is 31.4 Å². The molecule has 0 aromatic carbocycles. The third-order valence-corrected chi connectivity index (χ3v) is 3.83. The van der Waals surface area contributed by atoms with E-state index >= 15 is 0 Å². The highest BCUT2D eigenvalue weighted by molar-refractivity contribution is 7.91. The van der Waals surface area contributed by atoms with Gasteiger partial charge in [0.2, 0.25) is 0 Å². The van der Waals surface area contributed by atoms with Gasteiger partial charge in [0.25, 0.3) is 0 Å². The minimum Gasteiger partial charge on any atom is -0.325 e. The molecular weight excluding hydrogens is 176 g/mol. The zero-order valence-corrected chi connectivity index (χ0v) is 8.18. The summed E-state index contributed by atoms with van der Waals surface area (Å²) in [6, 6.07) is 0.259. The maximum absolute atomic E-state index is 11.1. The number of sulfone groups is 1. The second-order valence-corrected chi connectivity index (χ2v) is 5.73. The van der Waals surface area contributed by atoms with Crippen molar-refractivity contribution in [2.75, 3.05) is 31.1 Å². The minimum atomic E-state index is -2.79. The Morgan fingerprint density at radius 2 is 2.08 bits per heavy atom. The van der Waals surface area contributed by atoms with Gasteiger partial charge in [-0.25, -0.2) is 8.42 Å². The smallest absolute Gasteiger partial charge is 0.151 e. The van der Waals surface area contributed by atoms with Crippen molar-refractivity contribution in [1.29, 1.82) is 0 Å². The lowest BCUT2D eigenvalue weighted by Gasteiger charge is -2.36. The van der Waals surface area contributed by atoms with Crippen LogP contribution in [0.4, 0.5) is 0 Å². The van der Waals surface area contributed by atoms with Gasteiger partial charge in [-0.3, -0.25) is 4.90 Å². The van der Waals surface area contributed by atoms with Crippen LogP contribution in [0.1, 0.15) is 6.92 Å². The van der Waals surface area contributed by atoms with Gasteiger partial charge in [-0.1, -0.05) is 6.92 Å². The highest BCUT2D eigenvalue weighted by Crippen LogP contribution is 2.04. The molecule has 1 aliphatic heterocycles. The quantitative estimate of drug-likeness (QED) is 0.624. The average Bonchev–Trinajstić information content (AvgIpc) is 1.96. The zero-order valence-electron chi connectivity index (χ0n) is 7.36. The molecule has 4 nitrogen and oxygen atoms in total. The monoisotopic (exact) mass is 192 g/mol. The highest BCUT2D eigenvalue weighted by atomic mass is 32.2. The van der Waals surface area contributed by atoms with Crippen LogP contribution >= 0.6 is 0 Å². The van der Waals surface area contributed by atoms with Gasteiger partial charge in [-0.15, -0.1) is 0 Å². The number of nitrogens with two attached hydrogens (primary N) is 1. The van der Waals surface area contributed by atoms with Crippen LogP contribution in [0.3, 0.4) is 0 Å². The Morgan fingerprint density at radius 3 is 2.50 bits per heavy atom. The predicted octanol–water partition coefficient (Wildman–Crippen LogP) is -0.936. The first kappa shape index (κ1) is 9.95. The summed E-state index contributed by atoms with van der Waals surface area (Å²) in [5.74, 6) is 0.517. The number of likely N-dealkylation sites (tertiary alicyclic amines) is 1. The summed E-state index contributed by atoms with van der Waals surface area (Å²) in [4.78, 5) is 2.07. The lowest BCUT2D eigenvalue weighted by atomic mass is 10.1. The van der Waals surface area contributed by atoms with Gasteiger partial charge >= 0.3 is 0 Å². The highest BCUT2D eigenvalue weighted by Gasteiger charge is 2.23. The summed E-state index contributed by atoms with van der Waals surface area (Å²) in [6.07, 6.45) is 0. The second-order valence-electron chi connectivity index (χ2n) is 3.26. The Kier molecular flexibility index (Phi) is 3.09. The zero-order chi connectivity index (χ0) is 9.19. The number of hydrogen-bond acceptors (Lipinski definition) is 4. The molecule has 0 saturated carbocycles. The molecule has 5 heteroatoms. The van der Waals surface area contributed by atoms with E-state index in [-0.39, 0.29) is 17.5 Å². The van der Waals surface area contributed by atoms with E-state index in [2.05, 4.69) is 4.90 Å². The van der Waals surface area contributed by atoms with Crippen LogP contribution in [0, 0.1) is 0 Å². The maximum atomic E-state index is 11.1. The number of hydrogen-bond donors (Lipinski definition) is 1. The third kappa shape index (κ3) is 2.73. The maximum Gasteiger partial charge on any atom is 0.151 e.